The maximum Gasteiger partial charge on any atom is 0.488 e. The van der Waals surface area contributed by atoms with Crippen LogP contribution in [0.1, 0.15) is 11.1 Å². The molecule has 4 aromatic rings. The van der Waals surface area contributed by atoms with Crippen LogP contribution in [-0.4, -0.2) is 49.2 Å². The van der Waals surface area contributed by atoms with E-state index >= 15 is 0 Å². The van der Waals surface area contributed by atoms with Gasteiger partial charge in [0.25, 0.3) is 5.95 Å². The Hall–Kier alpha value is -3.34. The minimum atomic E-state index is -1.47. The largest absolute Gasteiger partial charge is 0.488 e. The summed E-state index contributed by atoms with van der Waals surface area (Å²) in [6, 6.07) is 12.8. The fourth-order valence-corrected chi connectivity index (χ4v) is 3.02. The highest BCUT2D eigenvalue weighted by Gasteiger charge is 2.12. The summed E-state index contributed by atoms with van der Waals surface area (Å²) in [5, 5.41) is 35.0. The summed E-state index contributed by atoms with van der Waals surface area (Å²) in [5.74, 6) is 0.913. The lowest BCUT2D eigenvalue weighted by Crippen LogP contribution is -2.29. The average Bonchev–Trinajstić information content (AvgIpc) is 3.18. The number of methoxy groups -OCH3 is 1. The van der Waals surface area contributed by atoms with Crippen molar-refractivity contribution in [1.29, 1.82) is 0 Å². The van der Waals surface area contributed by atoms with Gasteiger partial charge >= 0.3 is 7.12 Å². The molecule has 0 spiro atoms. The van der Waals surface area contributed by atoms with Crippen molar-refractivity contribution >= 4 is 29.3 Å². The smallest absolute Gasteiger partial charge is 0.423 e. The first-order valence-electron chi connectivity index (χ1n) is 8.99. The number of fused-ring (bicyclic) bond motifs is 1. The molecule has 0 radical (unpaired) electrons. The zero-order valence-electron chi connectivity index (χ0n) is 15.7. The van der Waals surface area contributed by atoms with Gasteiger partial charge in [0.2, 0.25) is 0 Å². The zero-order chi connectivity index (χ0) is 20.2. The molecule has 146 valence electrons. The number of rotatable bonds is 7. The van der Waals surface area contributed by atoms with Gasteiger partial charge in [-0.25, -0.2) is 0 Å². The molecule has 2 aromatic carbocycles. The maximum absolute atomic E-state index is 9.17. The second kappa shape index (κ2) is 8.35. The number of anilines is 1. The van der Waals surface area contributed by atoms with Crippen LogP contribution in [0, 0.1) is 0 Å². The van der Waals surface area contributed by atoms with E-state index in [0.717, 1.165) is 22.0 Å². The fraction of sp³-hybridized carbons (Fsp3) is 0.158. The van der Waals surface area contributed by atoms with Crippen LogP contribution in [-0.2, 0) is 17.9 Å². The quantitative estimate of drug-likeness (QED) is 0.394. The zero-order valence-corrected chi connectivity index (χ0v) is 15.7. The number of aromatic nitrogens is 5. The topological polar surface area (TPSA) is 118 Å². The lowest BCUT2D eigenvalue weighted by Gasteiger charge is -2.08. The Bertz CT molecular complexity index is 1120. The van der Waals surface area contributed by atoms with E-state index in [1.165, 1.54) is 6.20 Å². The summed E-state index contributed by atoms with van der Waals surface area (Å²) < 4.78 is 6.89. The van der Waals surface area contributed by atoms with Crippen LogP contribution in [0.3, 0.4) is 0 Å². The Labute approximate surface area is 167 Å². The van der Waals surface area contributed by atoms with E-state index in [1.807, 2.05) is 30.3 Å². The van der Waals surface area contributed by atoms with Gasteiger partial charge in [0.1, 0.15) is 0 Å². The SMILES string of the molecule is COCc1cccc2c1cnn2-c1nncc(NCc2ccc(B(O)O)cc2)n1. The third-order valence-electron chi connectivity index (χ3n) is 4.49. The van der Waals surface area contributed by atoms with Gasteiger partial charge in [0.05, 0.1) is 24.5 Å². The highest BCUT2D eigenvalue weighted by Crippen LogP contribution is 2.21. The predicted octanol–water partition coefficient (Wildman–Crippen LogP) is 0.649. The third-order valence-corrected chi connectivity index (χ3v) is 4.49. The summed E-state index contributed by atoms with van der Waals surface area (Å²) in [4.78, 5) is 4.51. The van der Waals surface area contributed by atoms with Crippen molar-refractivity contribution < 1.29 is 14.8 Å². The van der Waals surface area contributed by atoms with E-state index in [4.69, 9.17) is 14.8 Å². The number of benzene rings is 2. The average molecular weight is 390 g/mol. The Balaban J connectivity index is 1.55. The van der Waals surface area contributed by atoms with Crippen molar-refractivity contribution in [3.63, 3.8) is 0 Å². The fourth-order valence-electron chi connectivity index (χ4n) is 3.02. The molecule has 0 aliphatic heterocycles. The number of hydrogen-bond donors (Lipinski definition) is 3. The van der Waals surface area contributed by atoms with Crippen molar-refractivity contribution in [2.75, 3.05) is 12.4 Å². The third kappa shape index (κ3) is 4.09. The summed E-state index contributed by atoms with van der Waals surface area (Å²) >= 11 is 0. The van der Waals surface area contributed by atoms with Crippen LogP contribution in [0.25, 0.3) is 16.9 Å². The Morgan fingerprint density at radius 1 is 1.10 bits per heavy atom. The second-order valence-electron chi connectivity index (χ2n) is 6.45. The molecule has 0 bridgehead atoms. The molecule has 2 aromatic heterocycles. The number of nitrogens with one attached hydrogen (secondary N) is 1. The summed E-state index contributed by atoms with van der Waals surface area (Å²) in [7, 11) is 0.184. The molecule has 3 N–H and O–H groups in total. The molecule has 10 heteroatoms. The summed E-state index contributed by atoms with van der Waals surface area (Å²) in [6.45, 7) is 0.994. The number of nitrogens with zero attached hydrogens (tertiary/aromatic N) is 5. The Morgan fingerprint density at radius 2 is 1.93 bits per heavy atom. The molecular formula is C19H19BN6O3. The van der Waals surface area contributed by atoms with Gasteiger partial charge in [-0.05, 0) is 22.7 Å². The van der Waals surface area contributed by atoms with E-state index in [2.05, 4.69) is 25.6 Å². The van der Waals surface area contributed by atoms with Crippen LogP contribution in [0.2, 0.25) is 0 Å². The van der Waals surface area contributed by atoms with Crippen LogP contribution in [0.5, 0.6) is 0 Å². The highest BCUT2D eigenvalue weighted by atomic mass is 16.5. The van der Waals surface area contributed by atoms with E-state index < -0.39 is 7.12 Å². The molecular weight excluding hydrogens is 371 g/mol. The Morgan fingerprint density at radius 3 is 2.69 bits per heavy atom. The number of hydrogen-bond acceptors (Lipinski definition) is 8. The molecule has 0 amide bonds. The van der Waals surface area contributed by atoms with Gasteiger partial charge in [-0.3, -0.25) is 0 Å². The molecule has 9 nitrogen and oxygen atoms in total. The van der Waals surface area contributed by atoms with E-state index in [9.17, 15) is 0 Å². The van der Waals surface area contributed by atoms with Crippen LogP contribution >= 0.6 is 0 Å². The van der Waals surface area contributed by atoms with E-state index in [-0.39, 0.29) is 0 Å². The van der Waals surface area contributed by atoms with Crippen molar-refractivity contribution in [3.8, 4) is 5.95 Å². The van der Waals surface area contributed by atoms with Gasteiger partial charge in [-0.2, -0.15) is 19.9 Å². The molecule has 0 atom stereocenters. The highest BCUT2D eigenvalue weighted by molar-refractivity contribution is 6.58. The lowest BCUT2D eigenvalue weighted by molar-refractivity contribution is 0.186. The minimum absolute atomic E-state index is 0.360. The lowest BCUT2D eigenvalue weighted by atomic mass is 9.80. The first kappa shape index (κ1) is 19.0. The van der Waals surface area contributed by atoms with Gasteiger partial charge in [-0.15, -0.1) is 5.10 Å². The summed E-state index contributed by atoms with van der Waals surface area (Å²) in [5.41, 5.74) is 3.31. The summed E-state index contributed by atoms with van der Waals surface area (Å²) in [6.07, 6.45) is 3.31. The van der Waals surface area contributed by atoms with Crippen molar-refractivity contribution in [3.05, 3.63) is 66.0 Å². The normalized spacial score (nSPS) is 11.0. The van der Waals surface area contributed by atoms with Crippen LogP contribution in [0.15, 0.2) is 54.9 Å². The molecule has 0 fully saturated rings. The van der Waals surface area contributed by atoms with Gasteiger partial charge < -0.3 is 20.1 Å². The van der Waals surface area contributed by atoms with Crippen LogP contribution in [0.4, 0.5) is 5.82 Å². The Kier molecular flexibility index (Phi) is 5.47. The first-order valence-corrected chi connectivity index (χ1v) is 8.99. The van der Waals surface area contributed by atoms with Crippen molar-refractivity contribution in [1.82, 2.24) is 25.0 Å². The molecule has 29 heavy (non-hydrogen) atoms. The van der Waals surface area contributed by atoms with Crippen LogP contribution < -0.4 is 10.8 Å². The standard InChI is InChI=1S/C19H19BN6O3/c1-29-12-14-3-2-4-17-16(14)10-23-26(17)19-24-18(11-22-25-19)21-9-13-5-7-15(8-6-13)20(27)28/h2-8,10-11,27-28H,9,12H2,1H3,(H,21,24,25). The molecule has 0 saturated carbocycles. The number of ether oxygens (including phenoxy) is 1. The molecule has 4 rings (SSSR count). The molecule has 0 unspecified atom stereocenters. The van der Waals surface area contributed by atoms with E-state index in [1.54, 1.807) is 30.1 Å². The predicted molar refractivity (Wildman–Crippen MR) is 109 cm³/mol. The maximum atomic E-state index is 9.17. The minimum Gasteiger partial charge on any atom is -0.423 e. The molecule has 0 saturated heterocycles. The van der Waals surface area contributed by atoms with E-state index in [0.29, 0.717) is 30.4 Å². The van der Waals surface area contributed by atoms with Crippen molar-refractivity contribution in [2.24, 2.45) is 0 Å². The van der Waals surface area contributed by atoms with Gasteiger partial charge in [0.15, 0.2) is 5.82 Å². The second-order valence-corrected chi connectivity index (χ2v) is 6.45. The first-order chi connectivity index (χ1) is 14.2. The van der Waals surface area contributed by atoms with Gasteiger partial charge in [-0.1, -0.05) is 36.4 Å². The monoisotopic (exact) mass is 390 g/mol. The van der Waals surface area contributed by atoms with Gasteiger partial charge in [0, 0.05) is 19.0 Å². The molecule has 2 heterocycles. The molecule has 0 aliphatic carbocycles. The molecule has 0 aliphatic rings. The van der Waals surface area contributed by atoms with Crippen molar-refractivity contribution in [2.45, 2.75) is 13.2 Å².